The van der Waals surface area contributed by atoms with E-state index < -0.39 is 67.1 Å². The molecule has 0 bridgehead atoms. The standard InChI is InChI=1S/2C4H4F5.2C4H9O.Sn/c2*5-3(6)1-2-4(7,8)9;2*1-2-3-4-5;/h2*1-2H2;2*2-4H2,1H3;/q;;2*-1;+2. The van der Waals surface area contributed by atoms with Crippen molar-refractivity contribution in [2.45, 2.75) is 85.4 Å². The molecule has 0 atom stereocenters. The van der Waals surface area contributed by atoms with E-state index in [0.717, 1.165) is 25.7 Å². The molecule has 0 N–H and O–H groups in total. The number of hydrogen-bond acceptors (Lipinski definition) is 2. The van der Waals surface area contributed by atoms with Crippen LogP contribution in [0.3, 0.4) is 0 Å². The summed E-state index contributed by atoms with van der Waals surface area (Å²) in [6, 6.07) is 0. The molecule has 176 valence electrons. The van der Waals surface area contributed by atoms with Gasteiger partial charge in [-0.05, 0) is 0 Å². The van der Waals surface area contributed by atoms with Gasteiger partial charge in [0.15, 0.2) is 0 Å². The fourth-order valence-electron chi connectivity index (χ4n) is 1.28. The number of alkyl halides is 10. The van der Waals surface area contributed by atoms with Crippen molar-refractivity contribution in [3.8, 4) is 0 Å². The number of halogens is 10. The summed E-state index contributed by atoms with van der Waals surface area (Å²) in [4.78, 5) is 0. The maximum absolute atomic E-state index is 12.9. The van der Waals surface area contributed by atoms with Crippen molar-refractivity contribution in [1.82, 2.24) is 0 Å². The molecule has 0 rings (SSSR count). The van der Waals surface area contributed by atoms with Crippen LogP contribution in [-0.4, -0.2) is 54.6 Å². The van der Waals surface area contributed by atoms with Crippen LogP contribution in [0.15, 0.2) is 0 Å². The summed E-state index contributed by atoms with van der Waals surface area (Å²) in [6.45, 7) is 4.21. The summed E-state index contributed by atoms with van der Waals surface area (Å²) in [5, 5.41) is 19.1. The molecule has 0 aromatic carbocycles. The second kappa shape index (κ2) is 16.7. The summed E-state index contributed by atoms with van der Waals surface area (Å²) in [5.74, 6) is 0. The van der Waals surface area contributed by atoms with Crippen molar-refractivity contribution in [2.24, 2.45) is 0 Å². The van der Waals surface area contributed by atoms with Crippen molar-refractivity contribution in [3.63, 3.8) is 0 Å². The van der Waals surface area contributed by atoms with Crippen molar-refractivity contribution >= 4 is 21.1 Å². The minimum absolute atomic E-state index is 0.0938. The Kier molecular flexibility index (Phi) is 19.4. The second-order valence-corrected chi connectivity index (χ2v) is 10.8. The molecule has 2 nitrogen and oxygen atoms in total. The van der Waals surface area contributed by atoms with Crippen LogP contribution in [0, 0.1) is 0 Å². The van der Waals surface area contributed by atoms with Crippen LogP contribution in [0.1, 0.15) is 65.2 Å². The van der Waals surface area contributed by atoms with Gasteiger partial charge in [-0.1, -0.05) is 39.5 Å². The second-order valence-electron chi connectivity index (χ2n) is 5.88. The zero-order valence-corrected chi connectivity index (χ0v) is 19.0. The topological polar surface area (TPSA) is 46.1 Å². The van der Waals surface area contributed by atoms with Crippen molar-refractivity contribution < 1.29 is 54.1 Å². The molecule has 0 heterocycles. The first kappa shape index (κ1) is 33.7. The minimum atomic E-state index is -4.91. The van der Waals surface area contributed by atoms with Crippen LogP contribution in [0.5, 0.6) is 0 Å². The molecule has 0 aliphatic heterocycles. The third-order valence-corrected chi connectivity index (χ3v) is 6.32. The molecule has 0 saturated carbocycles. The normalized spacial score (nSPS) is 12.3. The Balaban J connectivity index is -0.000000555. The number of rotatable bonds is 10. The van der Waals surface area contributed by atoms with E-state index in [2.05, 4.69) is 0 Å². The zero-order valence-electron chi connectivity index (χ0n) is 16.2. The molecular weight excluding hydrogens is 533 g/mol. The Bertz CT molecular complexity index is 336. The van der Waals surface area contributed by atoms with Crippen LogP contribution in [-0.2, 0) is 0 Å². The first-order valence-electron chi connectivity index (χ1n) is 8.80. The summed E-state index contributed by atoms with van der Waals surface area (Å²) < 4.78 is 113. The average molecular weight is 559 g/mol. The SMILES string of the molecule is CCCC[O-].CCCC[O-].FC(F)(F)CC[C](F)(F)[Sn+2][C](F)(F)CCC(F)(F)F. The molecule has 0 aliphatic carbocycles. The molecule has 0 fully saturated rings. The van der Waals surface area contributed by atoms with Crippen LogP contribution in [0.2, 0.25) is 0 Å². The van der Waals surface area contributed by atoms with Crippen molar-refractivity contribution in [3.05, 3.63) is 0 Å². The molecule has 0 radical (unpaired) electrons. The van der Waals surface area contributed by atoms with Crippen LogP contribution in [0.25, 0.3) is 0 Å². The molecule has 0 spiro atoms. The van der Waals surface area contributed by atoms with Gasteiger partial charge in [0.25, 0.3) is 0 Å². The third-order valence-electron chi connectivity index (χ3n) is 2.81. The van der Waals surface area contributed by atoms with E-state index in [-0.39, 0.29) is 13.2 Å². The Morgan fingerprint density at radius 1 is 0.552 bits per heavy atom. The Labute approximate surface area is 174 Å². The van der Waals surface area contributed by atoms with Crippen LogP contribution >= 0.6 is 0 Å². The van der Waals surface area contributed by atoms with Crippen molar-refractivity contribution in [2.75, 3.05) is 13.2 Å². The molecule has 0 aromatic rings. The summed E-state index contributed by atoms with van der Waals surface area (Å²) >= 11 is -4.05. The number of unbranched alkanes of at least 4 members (excludes halogenated alkanes) is 2. The van der Waals surface area contributed by atoms with Gasteiger partial charge in [-0.3, -0.25) is 0 Å². The van der Waals surface area contributed by atoms with E-state index in [1.165, 1.54) is 0 Å². The molecule has 13 heteroatoms. The first-order valence-corrected chi connectivity index (χ1v) is 11.6. The Morgan fingerprint density at radius 3 is 0.966 bits per heavy atom. The van der Waals surface area contributed by atoms with E-state index in [4.69, 9.17) is 0 Å². The molecule has 0 amide bonds. The fourth-order valence-corrected chi connectivity index (χ4v) is 4.23. The molecule has 0 unspecified atom stereocenters. The molecule has 0 aromatic heterocycles. The van der Waals surface area contributed by atoms with E-state index >= 15 is 0 Å². The van der Waals surface area contributed by atoms with Crippen molar-refractivity contribution in [1.29, 1.82) is 0 Å². The van der Waals surface area contributed by atoms with Gasteiger partial charge < -0.3 is 10.2 Å². The fraction of sp³-hybridized carbons (Fsp3) is 1.00. The van der Waals surface area contributed by atoms with E-state index in [0.29, 0.717) is 0 Å². The average Bonchev–Trinajstić information content (AvgIpc) is 2.52. The van der Waals surface area contributed by atoms with Gasteiger partial charge in [-0.2, -0.15) is 0 Å². The van der Waals surface area contributed by atoms with Gasteiger partial charge in [-0.25, -0.2) is 0 Å². The Hall–Kier alpha value is 0.0187. The van der Waals surface area contributed by atoms with E-state index in [9.17, 15) is 54.1 Å². The van der Waals surface area contributed by atoms with Gasteiger partial charge in [0.1, 0.15) is 0 Å². The summed E-state index contributed by atoms with van der Waals surface area (Å²) in [7, 11) is 0. The van der Waals surface area contributed by atoms with Crippen LogP contribution in [0.4, 0.5) is 43.9 Å². The molecular formula is C16H26F10O2Sn. The maximum atomic E-state index is 12.9. The summed E-state index contributed by atoms with van der Waals surface area (Å²) in [6.07, 6.45) is -13.6. The van der Waals surface area contributed by atoms with Crippen LogP contribution < -0.4 is 10.2 Å². The van der Waals surface area contributed by atoms with Gasteiger partial charge in [-0.15, -0.1) is 13.2 Å². The number of hydrogen-bond donors (Lipinski definition) is 0. The summed E-state index contributed by atoms with van der Waals surface area (Å²) in [5.41, 5.74) is 0. The molecule has 29 heavy (non-hydrogen) atoms. The predicted octanol–water partition coefficient (Wildman–Crippen LogP) is 4.85. The first-order chi connectivity index (χ1) is 12.9. The Morgan fingerprint density at radius 2 is 0.828 bits per heavy atom. The predicted molar refractivity (Wildman–Crippen MR) is 85.8 cm³/mol. The van der Waals surface area contributed by atoms with Gasteiger partial charge in [0.2, 0.25) is 0 Å². The third kappa shape index (κ3) is 32.9. The van der Waals surface area contributed by atoms with Gasteiger partial charge in [0.05, 0.1) is 0 Å². The van der Waals surface area contributed by atoms with E-state index in [1.54, 1.807) is 0 Å². The molecule has 0 saturated heterocycles. The molecule has 0 aliphatic rings. The van der Waals surface area contributed by atoms with Gasteiger partial charge in [0, 0.05) is 0 Å². The monoisotopic (exact) mass is 560 g/mol. The van der Waals surface area contributed by atoms with Gasteiger partial charge >= 0.3 is 111 Å². The quantitative estimate of drug-likeness (QED) is 0.284. The van der Waals surface area contributed by atoms with E-state index in [1.807, 2.05) is 13.8 Å². The zero-order chi connectivity index (χ0) is 23.8.